The molecule has 0 radical (unpaired) electrons. The van der Waals surface area contributed by atoms with E-state index >= 15 is 0 Å². The quantitative estimate of drug-likeness (QED) is 0.244. The van der Waals surface area contributed by atoms with Gasteiger partial charge in [-0.25, -0.2) is 0 Å². The largest absolute Gasteiger partial charge is 0.382 e. The second kappa shape index (κ2) is 11.5. The fraction of sp³-hybridized carbons (Fsp3) is 0.938. The molecule has 0 heterocycles. The molecule has 0 aromatic rings. The van der Waals surface area contributed by atoms with Crippen molar-refractivity contribution in [3.63, 3.8) is 0 Å². The standard InChI is InChI=1S/C16H33N3O2.HI/c1-5-16(6-2)13(12-14(16)21-8-4)19-15(17)18-10-9-11-20-7-3;/h13-14H,5-12H2,1-4H3,(H3,17,18,19);1H. The number of hydrogen-bond donors (Lipinski definition) is 2. The van der Waals surface area contributed by atoms with Crippen LogP contribution >= 0.6 is 24.0 Å². The van der Waals surface area contributed by atoms with Gasteiger partial charge in [-0.2, -0.15) is 0 Å². The molecule has 5 nitrogen and oxygen atoms in total. The van der Waals surface area contributed by atoms with Crippen LogP contribution in [0.4, 0.5) is 0 Å². The van der Waals surface area contributed by atoms with Crippen molar-refractivity contribution < 1.29 is 9.47 Å². The third-order valence-corrected chi connectivity index (χ3v) is 4.72. The van der Waals surface area contributed by atoms with Crippen LogP contribution in [0, 0.1) is 5.41 Å². The Morgan fingerprint density at radius 3 is 2.45 bits per heavy atom. The first kappa shape index (κ1) is 21.9. The minimum absolute atomic E-state index is 0. The molecular formula is C16H34IN3O2. The Hall–Kier alpha value is -0.0800. The Balaban J connectivity index is 0.00000441. The van der Waals surface area contributed by atoms with Crippen LogP contribution < -0.4 is 11.1 Å². The molecule has 2 atom stereocenters. The van der Waals surface area contributed by atoms with E-state index in [1.807, 2.05) is 6.92 Å². The molecule has 132 valence electrons. The van der Waals surface area contributed by atoms with Crippen molar-refractivity contribution in [3.05, 3.63) is 0 Å². The molecular weight excluding hydrogens is 393 g/mol. The van der Waals surface area contributed by atoms with Crippen molar-refractivity contribution in [1.29, 1.82) is 0 Å². The van der Waals surface area contributed by atoms with Crippen molar-refractivity contribution in [2.75, 3.05) is 26.4 Å². The van der Waals surface area contributed by atoms with E-state index < -0.39 is 0 Å². The normalized spacial score (nSPS) is 23.5. The summed E-state index contributed by atoms with van der Waals surface area (Å²) in [5, 5.41) is 3.40. The SMILES string of the molecule is CCOCCCN=C(N)NC1CC(OCC)C1(CC)CC.I. The van der Waals surface area contributed by atoms with E-state index in [0.29, 0.717) is 24.7 Å². The lowest BCUT2D eigenvalue weighted by atomic mass is 9.58. The molecule has 6 heteroatoms. The number of nitrogens with zero attached hydrogens (tertiary/aromatic N) is 1. The molecule has 2 unspecified atom stereocenters. The van der Waals surface area contributed by atoms with Crippen LogP contribution in [0.2, 0.25) is 0 Å². The lowest BCUT2D eigenvalue weighted by molar-refractivity contribution is -0.133. The second-order valence-electron chi connectivity index (χ2n) is 5.63. The fourth-order valence-electron chi connectivity index (χ4n) is 3.32. The van der Waals surface area contributed by atoms with Gasteiger partial charge >= 0.3 is 0 Å². The average molecular weight is 427 g/mol. The summed E-state index contributed by atoms with van der Waals surface area (Å²) < 4.78 is 11.2. The van der Waals surface area contributed by atoms with E-state index in [1.54, 1.807) is 0 Å². The summed E-state index contributed by atoms with van der Waals surface area (Å²) in [7, 11) is 0. The Morgan fingerprint density at radius 1 is 1.23 bits per heavy atom. The topological polar surface area (TPSA) is 68.9 Å². The Morgan fingerprint density at radius 2 is 1.91 bits per heavy atom. The minimum atomic E-state index is 0. The van der Waals surface area contributed by atoms with Gasteiger partial charge in [0.2, 0.25) is 0 Å². The summed E-state index contributed by atoms with van der Waals surface area (Å²) in [6, 6.07) is 0.375. The molecule has 0 aromatic carbocycles. The van der Waals surface area contributed by atoms with Crippen molar-refractivity contribution >= 4 is 29.9 Å². The van der Waals surface area contributed by atoms with Gasteiger partial charge in [0.15, 0.2) is 5.96 Å². The highest BCUT2D eigenvalue weighted by molar-refractivity contribution is 14.0. The Labute approximate surface area is 152 Å². The molecule has 1 aliphatic rings. The van der Waals surface area contributed by atoms with Crippen molar-refractivity contribution in [1.82, 2.24) is 5.32 Å². The van der Waals surface area contributed by atoms with E-state index in [0.717, 1.165) is 45.5 Å². The smallest absolute Gasteiger partial charge is 0.188 e. The second-order valence-corrected chi connectivity index (χ2v) is 5.63. The van der Waals surface area contributed by atoms with Crippen molar-refractivity contribution in [3.8, 4) is 0 Å². The van der Waals surface area contributed by atoms with E-state index in [4.69, 9.17) is 15.2 Å². The maximum atomic E-state index is 6.01. The zero-order chi connectivity index (χ0) is 15.7. The first-order valence-corrected chi connectivity index (χ1v) is 8.40. The fourth-order valence-corrected chi connectivity index (χ4v) is 3.32. The number of ether oxygens (including phenoxy) is 2. The van der Waals surface area contributed by atoms with Crippen LogP contribution in [-0.4, -0.2) is 44.5 Å². The number of rotatable bonds is 10. The highest BCUT2D eigenvalue weighted by atomic mass is 127. The molecule has 0 aliphatic heterocycles. The van der Waals surface area contributed by atoms with Gasteiger partial charge in [-0.1, -0.05) is 13.8 Å². The highest BCUT2D eigenvalue weighted by Crippen LogP contribution is 2.48. The summed E-state index contributed by atoms with van der Waals surface area (Å²) in [5.74, 6) is 0.553. The number of aliphatic imine (C=N–C) groups is 1. The molecule has 3 N–H and O–H groups in total. The number of halogens is 1. The van der Waals surface area contributed by atoms with Gasteiger partial charge in [-0.3, -0.25) is 4.99 Å². The highest BCUT2D eigenvalue weighted by Gasteiger charge is 2.53. The summed E-state index contributed by atoms with van der Waals surface area (Å²) in [5.41, 5.74) is 6.20. The summed E-state index contributed by atoms with van der Waals surface area (Å²) in [6.45, 7) is 11.5. The van der Waals surface area contributed by atoms with E-state index in [-0.39, 0.29) is 29.4 Å². The third-order valence-electron chi connectivity index (χ3n) is 4.72. The van der Waals surface area contributed by atoms with Gasteiger partial charge in [0.1, 0.15) is 0 Å². The minimum Gasteiger partial charge on any atom is -0.382 e. The number of nitrogens with two attached hydrogens (primary N) is 1. The lowest BCUT2D eigenvalue weighted by Crippen LogP contribution is -2.65. The predicted octanol–water partition coefficient (Wildman–Crippen LogP) is 2.92. The maximum Gasteiger partial charge on any atom is 0.188 e. The maximum absolute atomic E-state index is 6.01. The summed E-state index contributed by atoms with van der Waals surface area (Å²) in [4.78, 5) is 4.39. The molecule has 1 fully saturated rings. The number of hydrogen-bond acceptors (Lipinski definition) is 3. The molecule has 1 saturated carbocycles. The van der Waals surface area contributed by atoms with Gasteiger partial charge in [-0.05, 0) is 39.5 Å². The first-order chi connectivity index (χ1) is 10.1. The zero-order valence-electron chi connectivity index (χ0n) is 14.6. The molecule has 0 saturated heterocycles. The molecule has 0 bridgehead atoms. The van der Waals surface area contributed by atoms with Crippen LogP contribution in [0.15, 0.2) is 4.99 Å². The summed E-state index contributed by atoms with van der Waals surface area (Å²) in [6.07, 6.45) is 4.48. The molecule has 0 spiro atoms. The monoisotopic (exact) mass is 427 g/mol. The first-order valence-electron chi connectivity index (χ1n) is 8.40. The lowest BCUT2D eigenvalue weighted by Gasteiger charge is -2.55. The van der Waals surface area contributed by atoms with Crippen LogP contribution in [0.3, 0.4) is 0 Å². The zero-order valence-corrected chi connectivity index (χ0v) is 16.9. The van der Waals surface area contributed by atoms with E-state index in [1.165, 1.54) is 0 Å². The molecule has 1 rings (SSSR count). The molecule has 22 heavy (non-hydrogen) atoms. The average Bonchev–Trinajstić information content (AvgIpc) is 2.47. The van der Waals surface area contributed by atoms with E-state index in [9.17, 15) is 0 Å². The Kier molecular flexibility index (Phi) is 11.4. The van der Waals surface area contributed by atoms with Crippen LogP contribution in [-0.2, 0) is 9.47 Å². The molecule has 0 aromatic heterocycles. The van der Waals surface area contributed by atoms with Crippen molar-refractivity contribution in [2.24, 2.45) is 16.1 Å². The Bertz CT molecular complexity index is 323. The van der Waals surface area contributed by atoms with Crippen LogP contribution in [0.5, 0.6) is 0 Å². The van der Waals surface area contributed by atoms with Gasteiger partial charge in [0, 0.05) is 37.8 Å². The van der Waals surface area contributed by atoms with Gasteiger partial charge < -0.3 is 20.5 Å². The molecule has 0 amide bonds. The van der Waals surface area contributed by atoms with Gasteiger partial charge in [0.25, 0.3) is 0 Å². The van der Waals surface area contributed by atoms with Crippen LogP contribution in [0.25, 0.3) is 0 Å². The van der Waals surface area contributed by atoms with Crippen molar-refractivity contribution in [2.45, 2.75) is 65.5 Å². The van der Waals surface area contributed by atoms with Gasteiger partial charge in [0.05, 0.1) is 6.10 Å². The number of nitrogens with one attached hydrogen (secondary N) is 1. The van der Waals surface area contributed by atoms with Gasteiger partial charge in [-0.15, -0.1) is 24.0 Å². The predicted molar refractivity (Wildman–Crippen MR) is 103 cm³/mol. The third kappa shape index (κ3) is 5.53. The van der Waals surface area contributed by atoms with Crippen LogP contribution in [0.1, 0.15) is 53.4 Å². The molecule has 1 aliphatic carbocycles. The number of guanidine groups is 1. The van der Waals surface area contributed by atoms with E-state index in [2.05, 4.69) is 31.1 Å². The summed E-state index contributed by atoms with van der Waals surface area (Å²) >= 11 is 0.